The molecule has 132 valence electrons. The van der Waals surface area contributed by atoms with Gasteiger partial charge in [0.15, 0.2) is 11.5 Å². The molecule has 7 nitrogen and oxygen atoms in total. The quantitative estimate of drug-likeness (QED) is 0.680. The number of hydrogen-bond acceptors (Lipinski definition) is 6. The average molecular weight is 333 g/mol. The third-order valence-electron chi connectivity index (χ3n) is 3.48. The molecule has 0 atom stereocenters. The van der Waals surface area contributed by atoms with Gasteiger partial charge in [0.2, 0.25) is 5.95 Å². The van der Waals surface area contributed by atoms with E-state index in [1.165, 1.54) is 0 Å². The largest absolute Gasteiger partial charge is 0.490 e. The molecule has 0 radical (unpaired) electrons. The Morgan fingerprint density at radius 2 is 1.96 bits per heavy atom. The van der Waals surface area contributed by atoms with E-state index >= 15 is 0 Å². The van der Waals surface area contributed by atoms with E-state index in [0.29, 0.717) is 25.7 Å². The van der Waals surface area contributed by atoms with Gasteiger partial charge in [0.1, 0.15) is 0 Å². The topological polar surface area (TPSA) is 74.1 Å². The standard InChI is InChI=1S/C17H27N5O2/c1-4-7-10-22-17(19-20-21-22)18-13-14-8-9-15(24-11-5-2)16(12-14)23-6-3/h8-9,12H,4-7,10-11,13H2,1-3H3,(H,18,19,21). The minimum Gasteiger partial charge on any atom is -0.490 e. The third-order valence-corrected chi connectivity index (χ3v) is 3.48. The minimum atomic E-state index is 0.606. The molecule has 0 aliphatic heterocycles. The molecule has 1 aromatic carbocycles. The summed E-state index contributed by atoms with van der Waals surface area (Å²) in [4.78, 5) is 0. The molecule has 2 aromatic rings. The molecule has 1 heterocycles. The van der Waals surface area contributed by atoms with E-state index < -0.39 is 0 Å². The Bertz CT molecular complexity index is 615. The van der Waals surface area contributed by atoms with Crippen LogP contribution in [0.3, 0.4) is 0 Å². The number of nitrogens with zero attached hydrogens (tertiary/aromatic N) is 4. The van der Waals surface area contributed by atoms with E-state index in [-0.39, 0.29) is 0 Å². The summed E-state index contributed by atoms with van der Waals surface area (Å²) >= 11 is 0. The van der Waals surface area contributed by atoms with E-state index in [1.54, 1.807) is 4.68 Å². The predicted molar refractivity (Wildman–Crippen MR) is 93.4 cm³/mol. The molecular weight excluding hydrogens is 306 g/mol. The van der Waals surface area contributed by atoms with Gasteiger partial charge in [-0.05, 0) is 47.9 Å². The SMILES string of the molecule is CCCCn1nnnc1NCc1ccc(OCCC)c(OCC)c1. The summed E-state index contributed by atoms with van der Waals surface area (Å²) in [5.41, 5.74) is 1.09. The third kappa shape index (κ3) is 5.11. The van der Waals surface area contributed by atoms with E-state index in [2.05, 4.69) is 34.7 Å². The van der Waals surface area contributed by atoms with Gasteiger partial charge in [0, 0.05) is 13.1 Å². The fourth-order valence-corrected chi connectivity index (χ4v) is 2.23. The molecule has 0 spiro atoms. The summed E-state index contributed by atoms with van der Waals surface area (Å²) in [6.07, 6.45) is 3.13. The molecule has 1 N–H and O–H groups in total. The Hall–Kier alpha value is -2.31. The first-order valence-corrected chi connectivity index (χ1v) is 8.67. The lowest BCUT2D eigenvalue weighted by Gasteiger charge is -2.13. The van der Waals surface area contributed by atoms with Crippen molar-refractivity contribution in [1.82, 2.24) is 20.2 Å². The summed E-state index contributed by atoms with van der Waals surface area (Å²) in [6.45, 7) is 8.94. The second-order valence-corrected chi connectivity index (χ2v) is 5.50. The first-order chi connectivity index (χ1) is 11.8. The summed E-state index contributed by atoms with van der Waals surface area (Å²) in [5.74, 6) is 2.25. The van der Waals surface area contributed by atoms with Gasteiger partial charge in [-0.25, -0.2) is 4.68 Å². The Kier molecular flexibility index (Phi) is 7.32. The number of tetrazole rings is 1. The van der Waals surface area contributed by atoms with Gasteiger partial charge >= 0.3 is 0 Å². The van der Waals surface area contributed by atoms with Gasteiger partial charge < -0.3 is 14.8 Å². The van der Waals surface area contributed by atoms with Gasteiger partial charge in [0.25, 0.3) is 0 Å². The molecule has 0 aliphatic carbocycles. The number of ether oxygens (including phenoxy) is 2. The van der Waals surface area contributed by atoms with Crippen LogP contribution in [-0.4, -0.2) is 33.4 Å². The summed E-state index contributed by atoms with van der Waals surface area (Å²) < 4.78 is 13.2. The van der Waals surface area contributed by atoms with Crippen molar-refractivity contribution >= 4 is 5.95 Å². The number of aryl methyl sites for hydroxylation is 1. The number of nitrogens with one attached hydrogen (secondary N) is 1. The highest BCUT2D eigenvalue weighted by molar-refractivity contribution is 5.44. The van der Waals surface area contributed by atoms with Crippen molar-refractivity contribution in [2.75, 3.05) is 18.5 Å². The molecule has 2 rings (SSSR count). The molecule has 0 aliphatic rings. The second kappa shape index (κ2) is 9.75. The summed E-state index contributed by atoms with van der Waals surface area (Å²) in [6, 6.07) is 5.99. The molecule has 0 bridgehead atoms. The predicted octanol–water partition coefficient (Wildman–Crippen LogP) is 3.27. The van der Waals surface area contributed by atoms with Crippen molar-refractivity contribution < 1.29 is 9.47 Å². The van der Waals surface area contributed by atoms with Gasteiger partial charge in [-0.15, -0.1) is 0 Å². The van der Waals surface area contributed by atoms with Gasteiger partial charge in [0.05, 0.1) is 13.2 Å². The zero-order chi connectivity index (χ0) is 17.2. The van der Waals surface area contributed by atoms with E-state index in [1.807, 2.05) is 25.1 Å². The molecular formula is C17H27N5O2. The Morgan fingerprint density at radius 1 is 1.08 bits per heavy atom. The van der Waals surface area contributed by atoms with Crippen LogP contribution in [0.25, 0.3) is 0 Å². The molecule has 24 heavy (non-hydrogen) atoms. The first kappa shape index (κ1) is 18.0. The fraction of sp³-hybridized carbons (Fsp3) is 0.588. The molecule has 0 amide bonds. The van der Waals surface area contributed by atoms with Gasteiger partial charge in [-0.3, -0.25) is 0 Å². The highest BCUT2D eigenvalue weighted by Crippen LogP contribution is 2.29. The van der Waals surface area contributed by atoms with Crippen LogP contribution in [-0.2, 0) is 13.1 Å². The number of rotatable bonds is 11. The van der Waals surface area contributed by atoms with Crippen LogP contribution in [0.2, 0.25) is 0 Å². The smallest absolute Gasteiger partial charge is 0.243 e. The number of unbranched alkanes of at least 4 members (excludes halogenated alkanes) is 1. The normalized spacial score (nSPS) is 10.6. The Balaban J connectivity index is 2.01. The van der Waals surface area contributed by atoms with Crippen molar-refractivity contribution in [3.63, 3.8) is 0 Å². The molecule has 0 saturated heterocycles. The zero-order valence-corrected chi connectivity index (χ0v) is 14.8. The highest BCUT2D eigenvalue weighted by Gasteiger charge is 2.08. The minimum absolute atomic E-state index is 0.606. The van der Waals surface area contributed by atoms with E-state index in [4.69, 9.17) is 9.47 Å². The maximum atomic E-state index is 5.73. The maximum absolute atomic E-state index is 5.73. The van der Waals surface area contributed by atoms with Crippen molar-refractivity contribution in [3.8, 4) is 11.5 Å². The molecule has 1 aromatic heterocycles. The Morgan fingerprint density at radius 3 is 2.71 bits per heavy atom. The van der Waals surface area contributed by atoms with Crippen molar-refractivity contribution in [2.45, 2.75) is 53.1 Å². The van der Waals surface area contributed by atoms with Crippen LogP contribution in [0.4, 0.5) is 5.95 Å². The second-order valence-electron chi connectivity index (χ2n) is 5.50. The average Bonchev–Trinajstić information content (AvgIpc) is 3.05. The Labute approximate surface area is 143 Å². The first-order valence-electron chi connectivity index (χ1n) is 8.67. The summed E-state index contributed by atoms with van der Waals surface area (Å²) in [7, 11) is 0. The van der Waals surface area contributed by atoms with E-state index in [0.717, 1.165) is 42.9 Å². The molecule has 7 heteroatoms. The molecule has 0 fully saturated rings. The van der Waals surface area contributed by atoms with E-state index in [9.17, 15) is 0 Å². The highest BCUT2D eigenvalue weighted by atomic mass is 16.5. The van der Waals surface area contributed by atoms with Crippen molar-refractivity contribution in [3.05, 3.63) is 23.8 Å². The van der Waals surface area contributed by atoms with Crippen LogP contribution >= 0.6 is 0 Å². The molecule has 0 unspecified atom stereocenters. The molecule has 0 saturated carbocycles. The number of anilines is 1. The van der Waals surface area contributed by atoms with Crippen LogP contribution in [0.1, 0.15) is 45.6 Å². The van der Waals surface area contributed by atoms with Crippen LogP contribution in [0.5, 0.6) is 11.5 Å². The number of aromatic nitrogens is 4. The lowest BCUT2D eigenvalue weighted by molar-refractivity contribution is 0.276. The number of benzene rings is 1. The fourth-order valence-electron chi connectivity index (χ4n) is 2.23. The lowest BCUT2D eigenvalue weighted by Crippen LogP contribution is -2.09. The van der Waals surface area contributed by atoms with Gasteiger partial charge in [-0.1, -0.05) is 31.4 Å². The van der Waals surface area contributed by atoms with Gasteiger partial charge in [-0.2, -0.15) is 0 Å². The van der Waals surface area contributed by atoms with Crippen molar-refractivity contribution in [1.29, 1.82) is 0 Å². The lowest BCUT2D eigenvalue weighted by atomic mass is 10.2. The number of hydrogen-bond donors (Lipinski definition) is 1. The maximum Gasteiger partial charge on any atom is 0.243 e. The van der Waals surface area contributed by atoms with Crippen LogP contribution in [0.15, 0.2) is 18.2 Å². The summed E-state index contributed by atoms with van der Waals surface area (Å²) in [5, 5.41) is 15.1. The zero-order valence-electron chi connectivity index (χ0n) is 14.8. The monoisotopic (exact) mass is 333 g/mol. The van der Waals surface area contributed by atoms with Crippen LogP contribution in [0, 0.1) is 0 Å². The van der Waals surface area contributed by atoms with Crippen LogP contribution < -0.4 is 14.8 Å². The van der Waals surface area contributed by atoms with Crippen molar-refractivity contribution in [2.24, 2.45) is 0 Å².